The molecule has 2 unspecified atom stereocenters. The van der Waals surface area contributed by atoms with Gasteiger partial charge in [0.15, 0.2) is 0 Å². The molecule has 1 saturated carbocycles. The molecule has 1 aliphatic carbocycles. The molecule has 0 radical (unpaired) electrons. The van der Waals surface area contributed by atoms with Gasteiger partial charge >= 0.3 is 0 Å². The Bertz CT molecular complexity index is 788. The van der Waals surface area contributed by atoms with E-state index in [4.69, 9.17) is 0 Å². The molecular formula is C19H22FN3O. The summed E-state index contributed by atoms with van der Waals surface area (Å²) in [7, 11) is 0. The topological polar surface area (TPSA) is 54.0 Å². The van der Waals surface area contributed by atoms with Crippen LogP contribution in [-0.4, -0.2) is 29.5 Å². The molecule has 1 aliphatic heterocycles. The van der Waals surface area contributed by atoms with Crippen LogP contribution in [0.1, 0.15) is 54.6 Å². The van der Waals surface area contributed by atoms with Gasteiger partial charge in [0.1, 0.15) is 5.82 Å². The molecule has 1 aromatic heterocycles. The van der Waals surface area contributed by atoms with Crippen LogP contribution in [0.25, 0.3) is 10.9 Å². The maximum absolute atomic E-state index is 13.7. The Hall–Kier alpha value is -2.01. The van der Waals surface area contributed by atoms with Gasteiger partial charge in [-0.15, -0.1) is 0 Å². The number of hydrogen-bond acceptors (Lipinski definition) is 3. The molecule has 126 valence electrons. The number of carbonyl (C=O) groups is 1. The SMILES string of the molecule is CC1CC(NC(=O)c2cc(C3CC3)nc3ccc(F)cc23)CCN1. The predicted molar refractivity (Wildman–Crippen MR) is 91.6 cm³/mol. The van der Waals surface area contributed by atoms with Crippen LogP contribution in [0.4, 0.5) is 4.39 Å². The first-order valence-corrected chi connectivity index (χ1v) is 8.74. The number of nitrogens with one attached hydrogen (secondary N) is 2. The summed E-state index contributed by atoms with van der Waals surface area (Å²) in [4.78, 5) is 17.5. The molecule has 0 spiro atoms. The zero-order valence-electron chi connectivity index (χ0n) is 13.8. The Morgan fingerprint density at radius 3 is 2.88 bits per heavy atom. The molecule has 1 aromatic carbocycles. The normalized spacial score (nSPS) is 24.1. The number of fused-ring (bicyclic) bond motifs is 1. The first-order valence-electron chi connectivity index (χ1n) is 8.74. The van der Waals surface area contributed by atoms with Crippen molar-refractivity contribution >= 4 is 16.8 Å². The van der Waals surface area contributed by atoms with Crippen LogP contribution in [0.3, 0.4) is 0 Å². The third-order valence-electron chi connectivity index (χ3n) is 4.99. The van der Waals surface area contributed by atoms with Crippen molar-refractivity contribution in [3.05, 3.63) is 41.3 Å². The van der Waals surface area contributed by atoms with E-state index in [1.165, 1.54) is 12.1 Å². The molecule has 4 rings (SSSR count). The quantitative estimate of drug-likeness (QED) is 0.911. The molecule has 0 bridgehead atoms. The van der Waals surface area contributed by atoms with Crippen LogP contribution in [-0.2, 0) is 0 Å². The Labute approximate surface area is 140 Å². The van der Waals surface area contributed by atoms with E-state index in [2.05, 4.69) is 22.5 Å². The lowest BCUT2D eigenvalue weighted by molar-refractivity contribution is 0.0927. The lowest BCUT2D eigenvalue weighted by atomic mass is 9.99. The third kappa shape index (κ3) is 3.13. The van der Waals surface area contributed by atoms with E-state index in [1.807, 2.05) is 6.07 Å². The number of piperidine rings is 1. The summed E-state index contributed by atoms with van der Waals surface area (Å²) in [6, 6.07) is 6.91. The monoisotopic (exact) mass is 327 g/mol. The van der Waals surface area contributed by atoms with E-state index < -0.39 is 0 Å². The van der Waals surface area contributed by atoms with Crippen molar-refractivity contribution in [2.75, 3.05) is 6.54 Å². The van der Waals surface area contributed by atoms with E-state index in [0.29, 0.717) is 28.4 Å². The second-order valence-corrected chi connectivity index (χ2v) is 7.08. The number of amides is 1. The summed E-state index contributed by atoms with van der Waals surface area (Å²) in [6.07, 6.45) is 4.07. The number of rotatable bonds is 3. The molecule has 2 aromatic rings. The Balaban J connectivity index is 1.68. The van der Waals surface area contributed by atoms with Gasteiger partial charge in [0.05, 0.1) is 11.1 Å². The highest BCUT2D eigenvalue weighted by Crippen LogP contribution is 2.40. The van der Waals surface area contributed by atoms with Gasteiger partial charge in [-0.1, -0.05) is 0 Å². The van der Waals surface area contributed by atoms with Gasteiger partial charge in [0.2, 0.25) is 0 Å². The van der Waals surface area contributed by atoms with Crippen LogP contribution in [0.5, 0.6) is 0 Å². The maximum atomic E-state index is 13.7. The van der Waals surface area contributed by atoms with Crippen molar-refractivity contribution in [1.82, 2.24) is 15.6 Å². The molecule has 2 N–H and O–H groups in total. The van der Waals surface area contributed by atoms with Crippen molar-refractivity contribution in [3.63, 3.8) is 0 Å². The van der Waals surface area contributed by atoms with Gasteiger partial charge in [0.25, 0.3) is 5.91 Å². The Morgan fingerprint density at radius 2 is 2.12 bits per heavy atom. The molecule has 2 heterocycles. The third-order valence-corrected chi connectivity index (χ3v) is 4.99. The highest BCUT2D eigenvalue weighted by Gasteiger charge is 2.28. The fraction of sp³-hybridized carbons (Fsp3) is 0.474. The van der Waals surface area contributed by atoms with Gasteiger partial charge in [-0.25, -0.2) is 4.39 Å². The van der Waals surface area contributed by atoms with Gasteiger partial charge in [0, 0.05) is 29.1 Å². The lowest BCUT2D eigenvalue weighted by Gasteiger charge is -2.28. The van der Waals surface area contributed by atoms with E-state index in [1.54, 1.807) is 6.07 Å². The molecule has 1 saturated heterocycles. The molecule has 5 heteroatoms. The molecule has 1 amide bonds. The van der Waals surface area contributed by atoms with Crippen LogP contribution < -0.4 is 10.6 Å². The first kappa shape index (κ1) is 15.5. The van der Waals surface area contributed by atoms with E-state index in [-0.39, 0.29) is 17.8 Å². The van der Waals surface area contributed by atoms with Gasteiger partial charge < -0.3 is 10.6 Å². The van der Waals surface area contributed by atoms with Crippen molar-refractivity contribution in [2.24, 2.45) is 0 Å². The highest BCUT2D eigenvalue weighted by atomic mass is 19.1. The minimum Gasteiger partial charge on any atom is -0.349 e. The fourth-order valence-corrected chi connectivity index (χ4v) is 3.52. The zero-order chi connectivity index (χ0) is 16.7. The largest absolute Gasteiger partial charge is 0.349 e. The van der Waals surface area contributed by atoms with Crippen molar-refractivity contribution in [1.29, 1.82) is 0 Å². The maximum Gasteiger partial charge on any atom is 0.252 e. The molecule has 24 heavy (non-hydrogen) atoms. The van der Waals surface area contributed by atoms with Crippen molar-refractivity contribution < 1.29 is 9.18 Å². The summed E-state index contributed by atoms with van der Waals surface area (Å²) in [5, 5.41) is 7.11. The van der Waals surface area contributed by atoms with Crippen LogP contribution in [0.2, 0.25) is 0 Å². The standard InChI is InChI=1S/C19H22FN3O/c1-11-8-14(6-7-21-11)22-19(24)16-10-18(12-2-3-12)23-17-5-4-13(20)9-15(16)17/h4-5,9-12,14,21H,2-3,6-8H2,1H3,(H,22,24). The minimum atomic E-state index is -0.340. The number of pyridine rings is 1. The summed E-state index contributed by atoms with van der Waals surface area (Å²) < 4.78 is 13.7. The number of aromatic nitrogens is 1. The summed E-state index contributed by atoms with van der Waals surface area (Å²) in [5.41, 5.74) is 2.20. The second kappa shape index (κ2) is 6.13. The zero-order valence-corrected chi connectivity index (χ0v) is 13.8. The molecular weight excluding hydrogens is 305 g/mol. The van der Waals surface area contributed by atoms with Crippen molar-refractivity contribution in [2.45, 2.75) is 50.6 Å². The van der Waals surface area contributed by atoms with E-state index >= 15 is 0 Å². The second-order valence-electron chi connectivity index (χ2n) is 7.08. The number of benzene rings is 1. The van der Waals surface area contributed by atoms with Gasteiger partial charge in [-0.2, -0.15) is 0 Å². The van der Waals surface area contributed by atoms with E-state index in [9.17, 15) is 9.18 Å². The number of carbonyl (C=O) groups excluding carboxylic acids is 1. The average molecular weight is 327 g/mol. The summed E-state index contributed by atoms with van der Waals surface area (Å²) in [6.45, 7) is 3.03. The Morgan fingerprint density at radius 1 is 1.29 bits per heavy atom. The van der Waals surface area contributed by atoms with Gasteiger partial charge in [-0.05, 0) is 63.4 Å². The number of hydrogen-bond donors (Lipinski definition) is 2. The Kier molecular flexibility index (Phi) is 3.96. The van der Waals surface area contributed by atoms with Crippen LogP contribution in [0.15, 0.2) is 24.3 Å². The van der Waals surface area contributed by atoms with Crippen molar-refractivity contribution in [3.8, 4) is 0 Å². The lowest BCUT2D eigenvalue weighted by Crippen LogP contribution is -2.46. The smallest absolute Gasteiger partial charge is 0.252 e. The summed E-state index contributed by atoms with van der Waals surface area (Å²) in [5.74, 6) is -0.00748. The number of nitrogens with zero attached hydrogens (tertiary/aromatic N) is 1. The fourth-order valence-electron chi connectivity index (χ4n) is 3.52. The van der Waals surface area contributed by atoms with Crippen LogP contribution >= 0.6 is 0 Å². The molecule has 4 nitrogen and oxygen atoms in total. The predicted octanol–water partition coefficient (Wildman–Crippen LogP) is 3.12. The van der Waals surface area contributed by atoms with E-state index in [0.717, 1.165) is 37.9 Å². The number of halogens is 1. The van der Waals surface area contributed by atoms with Gasteiger partial charge in [-0.3, -0.25) is 9.78 Å². The highest BCUT2D eigenvalue weighted by molar-refractivity contribution is 6.06. The minimum absolute atomic E-state index is 0.117. The summed E-state index contributed by atoms with van der Waals surface area (Å²) >= 11 is 0. The molecule has 2 aliphatic rings. The van der Waals surface area contributed by atoms with Crippen LogP contribution in [0, 0.1) is 5.82 Å². The molecule has 2 atom stereocenters. The first-order chi connectivity index (χ1) is 11.6. The molecule has 2 fully saturated rings. The average Bonchev–Trinajstić information content (AvgIpc) is 3.38.